The van der Waals surface area contributed by atoms with E-state index in [0.29, 0.717) is 24.1 Å². The molecule has 2 amide bonds. The molecule has 1 aliphatic heterocycles. The molecule has 0 saturated heterocycles. The summed E-state index contributed by atoms with van der Waals surface area (Å²) in [5.74, 6) is -2.91. The van der Waals surface area contributed by atoms with Crippen LogP contribution < -0.4 is 10.6 Å². The number of nitrogens with one attached hydrogen (secondary N) is 2. The summed E-state index contributed by atoms with van der Waals surface area (Å²) in [6, 6.07) is 1.40. The van der Waals surface area contributed by atoms with E-state index in [1.807, 2.05) is 20.8 Å². The van der Waals surface area contributed by atoms with E-state index < -0.39 is 23.7 Å². The maximum atomic E-state index is 14.2. The molecule has 7 heteroatoms. The van der Waals surface area contributed by atoms with Gasteiger partial charge in [-0.3, -0.25) is 9.59 Å². The number of carbonyl (C=O) groups is 3. The van der Waals surface area contributed by atoms with Crippen molar-refractivity contribution in [3.8, 4) is 0 Å². The molecule has 2 rings (SSSR count). The fourth-order valence-corrected chi connectivity index (χ4v) is 2.65. The second-order valence-corrected chi connectivity index (χ2v) is 7.50. The minimum atomic E-state index is -1.15. The smallest absolute Gasteiger partial charge is 0.326 e. The molecule has 1 aromatic carbocycles. The van der Waals surface area contributed by atoms with E-state index in [9.17, 15) is 23.9 Å². The average molecular weight is 350 g/mol. The molecule has 1 aliphatic rings. The predicted octanol–water partition coefficient (Wildman–Crippen LogP) is 2.72. The van der Waals surface area contributed by atoms with Crippen molar-refractivity contribution in [3.63, 3.8) is 0 Å². The fourth-order valence-electron chi connectivity index (χ4n) is 2.65. The van der Waals surface area contributed by atoms with Crippen molar-refractivity contribution in [1.82, 2.24) is 5.32 Å². The second-order valence-electron chi connectivity index (χ2n) is 7.50. The monoisotopic (exact) mass is 350 g/mol. The molecule has 0 saturated carbocycles. The van der Waals surface area contributed by atoms with Gasteiger partial charge < -0.3 is 15.7 Å². The number of aryl methyl sites for hydroxylation is 1. The van der Waals surface area contributed by atoms with Gasteiger partial charge in [-0.2, -0.15) is 0 Å². The molecule has 1 heterocycles. The van der Waals surface area contributed by atoms with E-state index in [1.165, 1.54) is 6.07 Å². The molecule has 6 nitrogen and oxygen atoms in total. The molecule has 0 aliphatic carbocycles. The lowest BCUT2D eigenvalue weighted by Crippen LogP contribution is -2.41. The molecule has 3 N–H and O–H groups in total. The molecule has 1 atom stereocenters. The number of fused-ring (bicyclic) bond motifs is 1. The Bertz CT molecular complexity index is 710. The fraction of sp³-hybridized carbons (Fsp3) is 0.500. The minimum Gasteiger partial charge on any atom is -0.480 e. The molecular formula is C18H23FN2O4. The lowest BCUT2D eigenvalue weighted by molar-refractivity contribution is -0.139. The zero-order valence-electron chi connectivity index (χ0n) is 14.6. The van der Waals surface area contributed by atoms with Crippen LogP contribution >= 0.6 is 0 Å². The third-order valence-corrected chi connectivity index (χ3v) is 4.12. The van der Waals surface area contributed by atoms with Crippen LogP contribution in [0.5, 0.6) is 0 Å². The highest BCUT2D eigenvalue weighted by molar-refractivity contribution is 5.99. The van der Waals surface area contributed by atoms with Crippen molar-refractivity contribution in [3.05, 3.63) is 29.1 Å². The third-order valence-electron chi connectivity index (χ3n) is 4.12. The first-order chi connectivity index (χ1) is 11.6. The zero-order chi connectivity index (χ0) is 18.8. The lowest BCUT2D eigenvalue weighted by Gasteiger charge is -2.22. The molecule has 0 radical (unpaired) electrons. The van der Waals surface area contributed by atoms with Crippen molar-refractivity contribution >= 4 is 23.5 Å². The van der Waals surface area contributed by atoms with E-state index in [0.717, 1.165) is 6.07 Å². The Morgan fingerprint density at radius 3 is 2.60 bits per heavy atom. The molecular weight excluding hydrogens is 327 g/mol. The van der Waals surface area contributed by atoms with Gasteiger partial charge in [-0.1, -0.05) is 20.8 Å². The number of amides is 2. The average Bonchev–Trinajstić information content (AvgIpc) is 2.49. The topological polar surface area (TPSA) is 95.5 Å². The Kier molecular flexibility index (Phi) is 5.45. The van der Waals surface area contributed by atoms with Gasteiger partial charge in [-0.25, -0.2) is 9.18 Å². The molecule has 1 aromatic rings. The minimum absolute atomic E-state index is 0.0757. The van der Waals surface area contributed by atoms with Crippen molar-refractivity contribution in [2.45, 2.75) is 52.5 Å². The summed E-state index contributed by atoms with van der Waals surface area (Å²) in [6.07, 6.45) is 1.53. The Morgan fingerprint density at radius 2 is 2.00 bits per heavy atom. The Hall–Kier alpha value is -2.44. The van der Waals surface area contributed by atoms with Crippen LogP contribution in [-0.4, -0.2) is 28.9 Å². The summed E-state index contributed by atoms with van der Waals surface area (Å²) in [7, 11) is 0. The van der Waals surface area contributed by atoms with Crippen LogP contribution in [0.4, 0.5) is 10.1 Å². The highest BCUT2D eigenvalue weighted by Crippen LogP contribution is 2.26. The summed E-state index contributed by atoms with van der Waals surface area (Å²) in [5.41, 5.74) is 0.727. The molecule has 0 aromatic heterocycles. The first kappa shape index (κ1) is 18.9. The number of rotatable bonds is 5. The summed E-state index contributed by atoms with van der Waals surface area (Å²) >= 11 is 0. The van der Waals surface area contributed by atoms with Crippen LogP contribution in [0.15, 0.2) is 12.1 Å². The zero-order valence-corrected chi connectivity index (χ0v) is 14.6. The van der Waals surface area contributed by atoms with Gasteiger partial charge in [0.1, 0.15) is 11.9 Å². The summed E-state index contributed by atoms with van der Waals surface area (Å²) in [5, 5.41) is 14.3. The predicted molar refractivity (Wildman–Crippen MR) is 90.9 cm³/mol. The highest BCUT2D eigenvalue weighted by Gasteiger charge is 2.26. The first-order valence-electron chi connectivity index (χ1n) is 8.23. The lowest BCUT2D eigenvalue weighted by atomic mass is 9.88. The van der Waals surface area contributed by atoms with E-state index >= 15 is 0 Å². The van der Waals surface area contributed by atoms with Crippen LogP contribution in [0.25, 0.3) is 0 Å². The standard InChI is InChI=1S/C18H23FN2O4/c1-18(2,3)7-6-13(17(24)25)21-16(23)11-8-10-4-5-15(22)20-14(10)9-12(11)19/h8-9,13H,4-7H2,1-3H3,(H,20,22)(H,21,23)(H,24,25). The number of benzene rings is 1. The van der Waals surface area contributed by atoms with Gasteiger partial charge in [-0.05, 0) is 42.4 Å². The molecule has 0 bridgehead atoms. The van der Waals surface area contributed by atoms with E-state index in [4.69, 9.17) is 0 Å². The number of aliphatic carboxylic acids is 1. The van der Waals surface area contributed by atoms with Gasteiger partial charge in [-0.15, -0.1) is 0 Å². The Morgan fingerprint density at radius 1 is 1.32 bits per heavy atom. The number of carboxylic acids is 1. The van der Waals surface area contributed by atoms with Crippen LogP contribution in [0.1, 0.15) is 56.0 Å². The molecule has 25 heavy (non-hydrogen) atoms. The van der Waals surface area contributed by atoms with Crippen LogP contribution in [0.3, 0.4) is 0 Å². The first-order valence-corrected chi connectivity index (χ1v) is 8.23. The van der Waals surface area contributed by atoms with Crippen LogP contribution in [-0.2, 0) is 16.0 Å². The number of halogens is 1. The number of hydrogen-bond acceptors (Lipinski definition) is 3. The molecule has 0 spiro atoms. The van der Waals surface area contributed by atoms with Gasteiger partial charge in [0, 0.05) is 12.1 Å². The molecule has 0 fully saturated rings. The van der Waals surface area contributed by atoms with E-state index in [1.54, 1.807) is 0 Å². The number of hydrogen-bond donors (Lipinski definition) is 3. The Balaban J connectivity index is 2.16. The summed E-state index contributed by atoms with van der Waals surface area (Å²) < 4.78 is 14.2. The van der Waals surface area contributed by atoms with E-state index in [2.05, 4.69) is 10.6 Å². The molecule has 1 unspecified atom stereocenters. The van der Waals surface area contributed by atoms with Crippen molar-refractivity contribution in [2.75, 3.05) is 5.32 Å². The van der Waals surface area contributed by atoms with Crippen LogP contribution in [0.2, 0.25) is 0 Å². The van der Waals surface area contributed by atoms with Gasteiger partial charge >= 0.3 is 5.97 Å². The van der Waals surface area contributed by atoms with Gasteiger partial charge in [0.2, 0.25) is 5.91 Å². The number of carbonyl (C=O) groups excluding carboxylic acids is 2. The van der Waals surface area contributed by atoms with Crippen LogP contribution in [0, 0.1) is 11.2 Å². The SMILES string of the molecule is CC(C)(C)CCC(NC(=O)c1cc2c(cc1F)NC(=O)CC2)C(=O)O. The number of anilines is 1. The van der Waals surface area contributed by atoms with Gasteiger partial charge in [0.05, 0.1) is 5.56 Å². The van der Waals surface area contributed by atoms with Crippen molar-refractivity contribution in [1.29, 1.82) is 0 Å². The largest absolute Gasteiger partial charge is 0.480 e. The van der Waals surface area contributed by atoms with Crippen molar-refractivity contribution in [2.24, 2.45) is 5.41 Å². The maximum Gasteiger partial charge on any atom is 0.326 e. The van der Waals surface area contributed by atoms with Gasteiger partial charge in [0.15, 0.2) is 0 Å². The van der Waals surface area contributed by atoms with E-state index in [-0.39, 0.29) is 29.7 Å². The summed E-state index contributed by atoms with van der Waals surface area (Å²) in [6.45, 7) is 5.93. The van der Waals surface area contributed by atoms with Crippen molar-refractivity contribution < 1.29 is 23.9 Å². The quantitative estimate of drug-likeness (QED) is 0.761. The Labute approximate surface area is 145 Å². The number of carboxylic acid groups (broad SMARTS) is 1. The second kappa shape index (κ2) is 7.21. The summed E-state index contributed by atoms with van der Waals surface area (Å²) in [4.78, 5) is 35.1. The highest BCUT2D eigenvalue weighted by atomic mass is 19.1. The third kappa shape index (κ3) is 5.01. The molecule has 136 valence electrons. The van der Waals surface area contributed by atoms with Gasteiger partial charge in [0.25, 0.3) is 5.91 Å². The normalized spacial score (nSPS) is 15.1. The maximum absolute atomic E-state index is 14.2.